The van der Waals surface area contributed by atoms with E-state index in [2.05, 4.69) is 15.0 Å². The summed E-state index contributed by atoms with van der Waals surface area (Å²) >= 11 is 0. The number of hydrogen-bond donors (Lipinski definition) is 0. The molecule has 4 heterocycles. The van der Waals surface area contributed by atoms with E-state index >= 15 is 0 Å². The van der Waals surface area contributed by atoms with Crippen LogP contribution in [0.4, 0.5) is 0 Å². The van der Waals surface area contributed by atoms with Crippen LogP contribution in [0, 0.1) is 19.3 Å². The molecule has 2 aliphatic rings. The number of hydrogen-bond acceptors (Lipinski definition) is 6. The molecule has 0 saturated carbocycles. The molecule has 0 bridgehead atoms. The number of aromatic nitrogens is 2. The number of nitrogens with zero attached hydrogens (tertiary/aromatic N) is 3. The first-order chi connectivity index (χ1) is 12.7. The van der Waals surface area contributed by atoms with Crippen LogP contribution in [0.25, 0.3) is 0 Å². The van der Waals surface area contributed by atoms with Gasteiger partial charge in [-0.1, -0.05) is 5.16 Å². The van der Waals surface area contributed by atoms with Crippen LogP contribution in [0.3, 0.4) is 0 Å². The maximum atomic E-state index is 6.15. The Morgan fingerprint density at radius 2 is 2.31 bits per heavy atom. The predicted molar refractivity (Wildman–Crippen MR) is 97.0 cm³/mol. The van der Waals surface area contributed by atoms with E-state index in [1.54, 1.807) is 12.4 Å². The summed E-state index contributed by atoms with van der Waals surface area (Å²) in [6.07, 6.45) is 7.08. The van der Waals surface area contributed by atoms with Gasteiger partial charge in [0.25, 0.3) is 0 Å². The van der Waals surface area contributed by atoms with Crippen LogP contribution in [0.5, 0.6) is 5.75 Å². The maximum absolute atomic E-state index is 6.15. The van der Waals surface area contributed by atoms with E-state index in [1.165, 1.54) is 5.56 Å². The van der Waals surface area contributed by atoms with Crippen LogP contribution < -0.4 is 4.74 Å². The summed E-state index contributed by atoms with van der Waals surface area (Å²) in [6.45, 7) is 8.43. The molecule has 0 aliphatic carbocycles. The molecule has 2 aliphatic heterocycles. The second-order valence-electron chi connectivity index (χ2n) is 7.60. The maximum Gasteiger partial charge on any atom is 0.138 e. The third kappa shape index (κ3) is 3.48. The van der Waals surface area contributed by atoms with Gasteiger partial charge in [0.15, 0.2) is 0 Å². The molecule has 2 saturated heterocycles. The van der Waals surface area contributed by atoms with Crippen molar-refractivity contribution in [2.45, 2.75) is 45.8 Å². The van der Waals surface area contributed by atoms with Crippen molar-refractivity contribution in [2.24, 2.45) is 5.41 Å². The molecule has 140 valence electrons. The average molecular weight is 357 g/mol. The Morgan fingerprint density at radius 3 is 3.08 bits per heavy atom. The first-order valence-corrected chi connectivity index (χ1v) is 9.45. The molecule has 0 radical (unpaired) electrons. The van der Waals surface area contributed by atoms with E-state index in [-0.39, 0.29) is 11.5 Å². The average Bonchev–Trinajstić information content (AvgIpc) is 2.99. The van der Waals surface area contributed by atoms with Gasteiger partial charge in [0.1, 0.15) is 11.5 Å². The zero-order valence-corrected chi connectivity index (χ0v) is 15.6. The van der Waals surface area contributed by atoms with Gasteiger partial charge in [-0.05, 0) is 45.2 Å². The van der Waals surface area contributed by atoms with E-state index < -0.39 is 0 Å². The first kappa shape index (κ1) is 17.5. The number of pyridine rings is 1. The van der Waals surface area contributed by atoms with Gasteiger partial charge >= 0.3 is 0 Å². The van der Waals surface area contributed by atoms with Gasteiger partial charge < -0.3 is 14.0 Å². The Bertz CT molecular complexity index is 714. The van der Waals surface area contributed by atoms with Crippen molar-refractivity contribution in [1.82, 2.24) is 15.0 Å². The monoisotopic (exact) mass is 357 g/mol. The van der Waals surface area contributed by atoms with Gasteiger partial charge in [0, 0.05) is 43.4 Å². The van der Waals surface area contributed by atoms with Crippen molar-refractivity contribution in [1.29, 1.82) is 0 Å². The van der Waals surface area contributed by atoms with Gasteiger partial charge in [0.05, 0.1) is 24.6 Å². The predicted octanol–water partition coefficient (Wildman–Crippen LogP) is 3.14. The molecular formula is C20H27N3O3. The standard InChI is InChI=1S/C20H27N3O3/c1-15-18(16(2)26-22-15)12-23-9-6-19-20(13-23,7-4-10-24-19)14-25-17-5-3-8-21-11-17/h3,5,8,11,19H,4,6-7,9-10,12-14H2,1-2H3/t19-,20-/m0/s1. The van der Waals surface area contributed by atoms with Crippen LogP contribution in [-0.4, -0.2) is 47.4 Å². The van der Waals surface area contributed by atoms with Gasteiger partial charge in [-0.15, -0.1) is 0 Å². The highest BCUT2D eigenvalue weighted by molar-refractivity contribution is 5.21. The van der Waals surface area contributed by atoms with E-state index in [0.29, 0.717) is 6.61 Å². The largest absolute Gasteiger partial charge is 0.491 e. The number of aryl methyl sites for hydroxylation is 2. The molecule has 0 N–H and O–H groups in total. The Labute approximate surface area is 154 Å². The lowest BCUT2D eigenvalue weighted by atomic mass is 9.73. The summed E-state index contributed by atoms with van der Waals surface area (Å²) in [5.74, 6) is 1.75. The van der Waals surface area contributed by atoms with Crippen LogP contribution in [0.1, 0.15) is 36.3 Å². The van der Waals surface area contributed by atoms with Crippen molar-refractivity contribution in [2.75, 3.05) is 26.3 Å². The molecule has 6 heteroatoms. The number of fused-ring (bicyclic) bond motifs is 1. The summed E-state index contributed by atoms with van der Waals surface area (Å²) < 4.78 is 17.6. The molecule has 2 aromatic heterocycles. The lowest BCUT2D eigenvalue weighted by molar-refractivity contribution is -0.140. The molecule has 2 aromatic rings. The summed E-state index contributed by atoms with van der Waals surface area (Å²) in [5.41, 5.74) is 2.24. The summed E-state index contributed by atoms with van der Waals surface area (Å²) in [6, 6.07) is 3.87. The number of piperidine rings is 1. The summed E-state index contributed by atoms with van der Waals surface area (Å²) in [5, 5.41) is 4.10. The fraction of sp³-hybridized carbons (Fsp3) is 0.600. The van der Waals surface area contributed by atoms with Gasteiger partial charge in [-0.3, -0.25) is 9.88 Å². The molecule has 26 heavy (non-hydrogen) atoms. The van der Waals surface area contributed by atoms with E-state index in [9.17, 15) is 0 Å². The van der Waals surface area contributed by atoms with Crippen molar-refractivity contribution < 1.29 is 14.0 Å². The Morgan fingerprint density at radius 1 is 1.38 bits per heavy atom. The molecular weight excluding hydrogens is 330 g/mol. The van der Waals surface area contributed by atoms with Gasteiger partial charge in [-0.25, -0.2) is 0 Å². The van der Waals surface area contributed by atoms with Crippen LogP contribution >= 0.6 is 0 Å². The molecule has 6 nitrogen and oxygen atoms in total. The van der Waals surface area contributed by atoms with Gasteiger partial charge in [-0.2, -0.15) is 0 Å². The van der Waals surface area contributed by atoms with Crippen LogP contribution in [0.15, 0.2) is 29.0 Å². The molecule has 0 unspecified atom stereocenters. The topological polar surface area (TPSA) is 60.6 Å². The smallest absolute Gasteiger partial charge is 0.138 e. The molecule has 0 aromatic carbocycles. The zero-order chi connectivity index (χ0) is 18.0. The van der Waals surface area contributed by atoms with Crippen LogP contribution in [-0.2, 0) is 11.3 Å². The van der Waals surface area contributed by atoms with Crippen molar-refractivity contribution in [3.63, 3.8) is 0 Å². The molecule has 2 atom stereocenters. The first-order valence-electron chi connectivity index (χ1n) is 9.45. The quantitative estimate of drug-likeness (QED) is 0.819. The summed E-state index contributed by atoms with van der Waals surface area (Å²) in [4.78, 5) is 6.65. The third-order valence-corrected chi connectivity index (χ3v) is 5.79. The lowest BCUT2D eigenvalue weighted by Gasteiger charge is -2.50. The normalized spacial score (nSPS) is 26.5. The highest BCUT2D eigenvalue weighted by Crippen LogP contribution is 2.41. The third-order valence-electron chi connectivity index (χ3n) is 5.79. The molecule has 0 amide bonds. The molecule has 2 fully saturated rings. The Hall–Kier alpha value is -1.92. The summed E-state index contributed by atoms with van der Waals surface area (Å²) in [7, 11) is 0. The zero-order valence-electron chi connectivity index (χ0n) is 15.6. The van der Waals surface area contributed by atoms with E-state index in [0.717, 1.165) is 62.7 Å². The van der Waals surface area contributed by atoms with Gasteiger partial charge in [0.2, 0.25) is 0 Å². The lowest BCUT2D eigenvalue weighted by Crippen LogP contribution is -2.57. The Kier molecular flexibility index (Phi) is 4.96. The van der Waals surface area contributed by atoms with Crippen molar-refractivity contribution >= 4 is 0 Å². The molecule has 4 rings (SSSR count). The van der Waals surface area contributed by atoms with Crippen LogP contribution in [0.2, 0.25) is 0 Å². The van der Waals surface area contributed by atoms with E-state index in [4.69, 9.17) is 14.0 Å². The minimum atomic E-state index is 0.0331. The fourth-order valence-electron chi connectivity index (χ4n) is 4.34. The fourth-order valence-corrected chi connectivity index (χ4v) is 4.34. The number of likely N-dealkylation sites (tertiary alicyclic amines) is 1. The highest BCUT2D eigenvalue weighted by Gasteiger charge is 2.46. The Balaban J connectivity index is 1.49. The second kappa shape index (κ2) is 7.37. The number of rotatable bonds is 5. The minimum absolute atomic E-state index is 0.0331. The highest BCUT2D eigenvalue weighted by atomic mass is 16.5. The second-order valence-corrected chi connectivity index (χ2v) is 7.60. The minimum Gasteiger partial charge on any atom is -0.491 e. The number of ether oxygens (including phenoxy) is 2. The van der Waals surface area contributed by atoms with Crippen molar-refractivity contribution in [3.05, 3.63) is 41.5 Å². The molecule has 0 spiro atoms. The van der Waals surface area contributed by atoms with E-state index in [1.807, 2.05) is 26.0 Å². The van der Waals surface area contributed by atoms with Crippen molar-refractivity contribution in [3.8, 4) is 5.75 Å². The SMILES string of the molecule is Cc1noc(C)c1CN1CC[C@@H]2OCCC[C@@]2(COc2cccnc2)C1.